The van der Waals surface area contributed by atoms with Crippen LogP contribution in [0.3, 0.4) is 0 Å². The van der Waals surface area contributed by atoms with Crippen molar-refractivity contribution in [1.29, 1.82) is 0 Å². The zero-order valence-corrected chi connectivity index (χ0v) is 16.1. The summed E-state index contributed by atoms with van der Waals surface area (Å²) in [5.41, 5.74) is 3.07. The summed E-state index contributed by atoms with van der Waals surface area (Å²) in [7, 11) is 3.90. The lowest BCUT2D eigenvalue weighted by atomic mass is 9.90. The zero-order valence-electron chi connectivity index (χ0n) is 16.1. The Labute approximate surface area is 159 Å². The molecule has 1 heterocycles. The number of carbonyl (C=O) groups excluding carboxylic acids is 2. The first-order chi connectivity index (χ1) is 12.8. The quantitative estimate of drug-likeness (QED) is 0.874. The second kappa shape index (κ2) is 7.31. The second-order valence-corrected chi connectivity index (χ2v) is 7.20. The fourth-order valence-corrected chi connectivity index (χ4v) is 3.58. The molecule has 2 unspecified atom stereocenters. The van der Waals surface area contributed by atoms with Crippen molar-refractivity contribution >= 4 is 23.2 Å². The molecule has 2 aromatic rings. The van der Waals surface area contributed by atoms with Gasteiger partial charge in [0, 0.05) is 44.4 Å². The lowest BCUT2D eigenvalue weighted by Gasteiger charge is -2.39. The van der Waals surface area contributed by atoms with Gasteiger partial charge in [0.15, 0.2) is 0 Å². The van der Waals surface area contributed by atoms with Crippen LogP contribution in [0, 0.1) is 0 Å². The largest absolute Gasteiger partial charge is 0.508 e. The lowest BCUT2D eigenvalue weighted by Crippen LogP contribution is -2.46. The highest BCUT2D eigenvalue weighted by Gasteiger charge is 2.34. The van der Waals surface area contributed by atoms with Crippen LogP contribution in [0.15, 0.2) is 42.5 Å². The molecule has 0 saturated heterocycles. The predicted octanol–water partition coefficient (Wildman–Crippen LogP) is 3.07. The van der Waals surface area contributed by atoms with Crippen molar-refractivity contribution in [3.05, 3.63) is 53.6 Å². The van der Waals surface area contributed by atoms with Gasteiger partial charge >= 0.3 is 0 Å². The van der Waals surface area contributed by atoms with Crippen LogP contribution in [0.1, 0.15) is 42.2 Å². The van der Waals surface area contributed by atoms with Crippen molar-refractivity contribution in [3.8, 4) is 5.75 Å². The van der Waals surface area contributed by atoms with E-state index in [9.17, 15) is 14.7 Å². The fourth-order valence-electron chi connectivity index (χ4n) is 3.58. The van der Waals surface area contributed by atoms with Gasteiger partial charge in [-0.2, -0.15) is 0 Å². The molecule has 0 spiro atoms. The molecule has 0 fully saturated rings. The highest BCUT2D eigenvalue weighted by Crippen LogP contribution is 2.39. The molecule has 2 amide bonds. The number of hydrogen-bond donors (Lipinski definition) is 2. The number of hydrogen-bond acceptors (Lipinski definition) is 4. The molecule has 3 rings (SSSR count). The van der Waals surface area contributed by atoms with Crippen molar-refractivity contribution in [1.82, 2.24) is 5.32 Å². The van der Waals surface area contributed by atoms with Crippen LogP contribution in [0.25, 0.3) is 0 Å². The van der Waals surface area contributed by atoms with E-state index >= 15 is 0 Å². The van der Waals surface area contributed by atoms with E-state index in [1.54, 1.807) is 23.1 Å². The summed E-state index contributed by atoms with van der Waals surface area (Å²) in [6.07, 6.45) is 0.610. The minimum absolute atomic E-state index is 0.0881. The Morgan fingerprint density at radius 2 is 1.81 bits per heavy atom. The fraction of sp³-hybridized carbons (Fsp3) is 0.333. The number of amides is 2. The monoisotopic (exact) mass is 367 g/mol. The number of phenolic OH excluding ortho intramolecular Hbond substituents is 1. The highest BCUT2D eigenvalue weighted by atomic mass is 16.3. The van der Waals surface area contributed by atoms with Crippen molar-refractivity contribution in [2.75, 3.05) is 23.9 Å². The molecule has 0 aliphatic carbocycles. The van der Waals surface area contributed by atoms with Crippen LogP contribution in [0.4, 0.5) is 11.4 Å². The number of nitrogens with zero attached hydrogens (tertiary/aromatic N) is 2. The molecule has 0 radical (unpaired) electrons. The van der Waals surface area contributed by atoms with Gasteiger partial charge in [0.25, 0.3) is 5.91 Å². The van der Waals surface area contributed by atoms with Crippen molar-refractivity contribution in [2.45, 2.75) is 32.4 Å². The summed E-state index contributed by atoms with van der Waals surface area (Å²) in [5, 5.41) is 12.9. The normalized spacial score (nSPS) is 18.6. The Morgan fingerprint density at radius 3 is 2.41 bits per heavy atom. The molecule has 6 nitrogen and oxygen atoms in total. The van der Waals surface area contributed by atoms with E-state index in [0.717, 1.165) is 11.3 Å². The summed E-state index contributed by atoms with van der Waals surface area (Å²) in [6, 6.07) is 12.1. The van der Waals surface area contributed by atoms with E-state index in [0.29, 0.717) is 17.7 Å². The molecular weight excluding hydrogens is 342 g/mol. The maximum atomic E-state index is 13.2. The van der Waals surface area contributed by atoms with Crippen LogP contribution in [-0.4, -0.2) is 37.1 Å². The molecular formula is C21H25N3O3. The van der Waals surface area contributed by atoms with Gasteiger partial charge in [-0.1, -0.05) is 6.07 Å². The van der Waals surface area contributed by atoms with Gasteiger partial charge < -0.3 is 20.2 Å². The van der Waals surface area contributed by atoms with Gasteiger partial charge in [-0.15, -0.1) is 0 Å². The topological polar surface area (TPSA) is 72.9 Å². The van der Waals surface area contributed by atoms with Crippen LogP contribution in [0.2, 0.25) is 0 Å². The summed E-state index contributed by atoms with van der Waals surface area (Å²) in [5.74, 6) is -0.156. The lowest BCUT2D eigenvalue weighted by molar-refractivity contribution is -0.119. The summed E-state index contributed by atoms with van der Waals surface area (Å²) >= 11 is 0. The minimum Gasteiger partial charge on any atom is -0.508 e. The molecule has 142 valence electrons. The van der Waals surface area contributed by atoms with Gasteiger partial charge in [-0.05, 0) is 49.2 Å². The molecule has 2 N–H and O–H groups in total. The second-order valence-electron chi connectivity index (χ2n) is 7.20. The molecule has 6 heteroatoms. The SMILES string of the molecule is CC(=O)NC1CC(C)N(C(=O)c2ccc(N(C)C)cc2)c2cc(O)ccc21. The molecule has 0 bridgehead atoms. The average Bonchev–Trinajstić information content (AvgIpc) is 2.60. The Morgan fingerprint density at radius 1 is 1.15 bits per heavy atom. The Balaban J connectivity index is 2.00. The highest BCUT2D eigenvalue weighted by molar-refractivity contribution is 6.07. The Kier molecular flexibility index (Phi) is 5.08. The van der Waals surface area contributed by atoms with E-state index in [4.69, 9.17) is 0 Å². The van der Waals surface area contributed by atoms with Crippen LogP contribution in [-0.2, 0) is 4.79 Å². The maximum Gasteiger partial charge on any atom is 0.258 e. The zero-order chi connectivity index (χ0) is 19.7. The number of anilines is 2. The molecule has 1 aliphatic heterocycles. The van der Waals surface area contributed by atoms with E-state index in [-0.39, 0.29) is 29.6 Å². The van der Waals surface area contributed by atoms with Crippen molar-refractivity contribution in [3.63, 3.8) is 0 Å². The summed E-state index contributed by atoms with van der Waals surface area (Å²) in [6.45, 7) is 3.43. The van der Waals surface area contributed by atoms with Crippen molar-refractivity contribution in [2.24, 2.45) is 0 Å². The third-order valence-electron chi connectivity index (χ3n) is 4.89. The molecule has 2 atom stereocenters. The Hall–Kier alpha value is -3.02. The molecule has 1 aliphatic rings. The standard InChI is InChI=1S/C21H25N3O3/c1-13-11-19(22-14(2)25)18-10-9-17(26)12-20(18)24(13)21(27)15-5-7-16(8-6-15)23(3)4/h5-10,12-13,19,26H,11H2,1-4H3,(H,22,25). The Bertz CT molecular complexity index is 861. The van der Waals surface area contributed by atoms with E-state index in [2.05, 4.69) is 5.32 Å². The number of aromatic hydroxyl groups is 1. The molecule has 0 aromatic heterocycles. The molecule has 0 saturated carbocycles. The van der Waals surface area contributed by atoms with Gasteiger partial charge in [0.2, 0.25) is 5.91 Å². The van der Waals surface area contributed by atoms with Gasteiger partial charge in [0.1, 0.15) is 5.75 Å². The third-order valence-corrected chi connectivity index (χ3v) is 4.89. The van der Waals surface area contributed by atoms with Crippen molar-refractivity contribution < 1.29 is 14.7 Å². The van der Waals surface area contributed by atoms with Crippen LogP contribution in [0.5, 0.6) is 5.75 Å². The van der Waals surface area contributed by atoms with Gasteiger partial charge in [0.05, 0.1) is 11.7 Å². The average molecular weight is 367 g/mol. The number of fused-ring (bicyclic) bond motifs is 1. The van der Waals surface area contributed by atoms with E-state index in [1.165, 1.54) is 6.92 Å². The number of nitrogens with one attached hydrogen (secondary N) is 1. The minimum atomic E-state index is -0.187. The third kappa shape index (κ3) is 3.74. The number of benzene rings is 2. The van der Waals surface area contributed by atoms with Gasteiger partial charge in [-0.3, -0.25) is 9.59 Å². The summed E-state index contributed by atoms with van der Waals surface area (Å²) < 4.78 is 0. The predicted molar refractivity (Wildman–Crippen MR) is 106 cm³/mol. The van der Waals surface area contributed by atoms with Gasteiger partial charge in [-0.25, -0.2) is 0 Å². The number of phenols is 1. The molecule has 27 heavy (non-hydrogen) atoms. The maximum absolute atomic E-state index is 13.2. The smallest absolute Gasteiger partial charge is 0.258 e. The van der Waals surface area contributed by atoms with Crippen LogP contribution < -0.4 is 15.1 Å². The first-order valence-corrected chi connectivity index (χ1v) is 8.99. The first-order valence-electron chi connectivity index (χ1n) is 8.99. The summed E-state index contributed by atoms with van der Waals surface area (Å²) in [4.78, 5) is 28.5. The number of rotatable bonds is 3. The van der Waals surface area contributed by atoms with E-state index in [1.807, 2.05) is 50.2 Å². The van der Waals surface area contributed by atoms with Crippen LogP contribution >= 0.6 is 0 Å². The van der Waals surface area contributed by atoms with E-state index < -0.39 is 0 Å². The first kappa shape index (κ1) is 18.8. The molecule has 2 aromatic carbocycles. The number of carbonyl (C=O) groups is 2.